The van der Waals surface area contributed by atoms with Crippen molar-refractivity contribution in [3.05, 3.63) is 53.7 Å². The Bertz CT molecular complexity index is 830. The van der Waals surface area contributed by atoms with Crippen LogP contribution in [0, 0.1) is 11.8 Å². The summed E-state index contributed by atoms with van der Waals surface area (Å²) in [6.45, 7) is 2.22. The average Bonchev–Trinajstić information content (AvgIpc) is 3.10. The van der Waals surface area contributed by atoms with E-state index in [2.05, 4.69) is 45.5 Å². The first kappa shape index (κ1) is 16.5. The Kier molecular flexibility index (Phi) is 5.81. The van der Waals surface area contributed by atoms with Gasteiger partial charge in [-0.3, -0.25) is 0 Å². The molecule has 0 saturated carbocycles. The summed E-state index contributed by atoms with van der Waals surface area (Å²) < 4.78 is 0. The molecule has 0 bridgehead atoms. The third kappa shape index (κ3) is 4.33. The number of nitrogens with one attached hydrogen (secondary N) is 1. The Morgan fingerprint density at radius 3 is 2.88 bits per heavy atom. The number of fused-ring (bicyclic) bond motifs is 1. The molecule has 1 unspecified atom stereocenters. The van der Waals surface area contributed by atoms with Crippen LogP contribution in [0.5, 0.6) is 0 Å². The van der Waals surface area contributed by atoms with Crippen molar-refractivity contribution in [2.75, 3.05) is 5.32 Å². The average molecular weight is 335 g/mol. The number of benzene rings is 1. The van der Waals surface area contributed by atoms with Crippen LogP contribution in [0.2, 0.25) is 0 Å². The van der Waals surface area contributed by atoms with Gasteiger partial charge in [-0.2, -0.15) is 0 Å². The number of rotatable bonds is 6. The van der Waals surface area contributed by atoms with Gasteiger partial charge in [0.15, 0.2) is 0 Å². The summed E-state index contributed by atoms with van der Waals surface area (Å²) in [7, 11) is 0. The van der Waals surface area contributed by atoms with Crippen LogP contribution in [0.4, 0.5) is 5.82 Å². The fraction of sp³-hybridized carbons (Fsp3) is 0.300. The van der Waals surface area contributed by atoms with Gasteiger partial charge < -0.3 is 5.32 Å². The van der Waals surface area contributed by atoms with E-state index in [0.717, 1.165) is 34.4 Å². The number of aromatic nitrogens is 2. The van der Waals surface area contributed by atoms with Gasteiger partial charge in [0, 0.05) is 18.0 Å². The summed E-state index contributed by atoms with van der Waals surface area (Å²) in [5, 5.41) is 6.74. The van der Waals surface area contributed by atoms with E-state index in [1.165, 1.54) is 12.8 Å². The summed E-state index contributed by atoms with van der Waals surface area (Å²) in [4.78, 5) is 9.77. The van der Waals surface area contributed by atoms with Crippen LogP contribution in [0.15, 0.2) is 48.1 Å². The van der Waals surface area contributed by atoms with Crippen molar-refractivity contribution in [3.63, 3.8) is 0 Å². The van der Waals surface area contributed by atoms with Gasteiger partial charge in [-0.1, -0.05) is 49.8 Å². The molecule has 0 aliphatic rings. The fourth-order valence-electron chi connectivity index (χ4n) is 2.57. The third-order valence-electron chi connectivity index (χ3n) is 3.86. The number of unbranched alkanes of at least 4 members (excludes halogenated alkanes) is 1. The van der Waals surface area contributed by atoms with Gasteiger partial charge in [0.25, 0.3) is 0 Å². The molecule has 1 atom stereocenters. The highest BCUT2D eigenvalue weighted by atomic mass is 32.1. The van der Waals surface area contributed by atoms with Gasteiger partial charge in [0.1, 0.15) is 17.0 Å². The van der Waals surface area contributed by atoms with Crippen molar-refractivity contribution < 1.29 is 0 Å². The van der Waals surface area contributed by atoms with Crippen LogP contribution < -0.4 is 5.32 Å². The Labute approximate surface area is 147 Å². The highest BCUT2D eigenvalue weighted by molar-refractivity contribution is 7.16. The van der Waals surface area contributed by atoms with Gasteiger partial charge in [-0.15, -0.1) is 11.3 Å². The second kappa shape index (κ2) is 8.47. The van der Waals surface area contributed by atoms with Crippen molar-refractivity contribution in [2.24, 2.45) is 0 Å². The Balaban J connectivity index is 1.72. The molecule has 1 N–H and O–H groups in total. The maximum atomic E-state index is 4.43. The molecule has 122 valence electrons. The largest absolute Gasteiger partial charge is 0.366 e. The summed E-state index contributed by atoms with van der Waals surface area (Å²) in [5.41, 5.74) is 1.06. The Hall–Kier alpha value is -2.38. The zero-order chi connectivity index (χ0) is 16.6. The number of thiophene rings is 1. The van der Waals surface area contributed by atoms with Crippen LogP contribution in [-0.4, -0.2) is 16.0 Å². The van der Waals surface area contributed by atoms with Crippen molar-refractivity contribution in [1.82, 2.24) is 9.97 Å². The monoisotopic (exact) mass is 335 g/mol. The summed E-state index contributed by atoms with van der Waals surface area (Å²) in [5.74, 6) is 7.49. The van der Waals surface area contributed by atoms with E-state index < -0.39 is 0 Å². The van der Waals surface area contributed by atoms with Gasteiger partial charge in [-0.25, -0.2) is 9.97 Å². The minimum Gasteiger partial charge on any atom is -0.366 e. The molecule has 24 heavy (non-hydrogen) atoms. The first-order chi connectivity index (χ1) is 11.9. The highest BCUT2D eigenvalue weighted by Gasteiger charge is 2.11. The van der Waals surface area contributed by atoms with Gasteiger partial charge in [0.05, 0.1) is 5.39 Å². The van der Waals surface area contributed by atoms with Crippen LogP contribution in [0.1, 0.15) is 38.2 Å². The van der Waals surface area contributed by atoms with E-state index >= 15 is 0 Å². The zero-order valence-corrected chi connectivity index (χ0v) is 14.6. The third-order valence-corrected chi connectivity index (χ3v) is 4.68. The summed E-state index contributed by atoms with van der Waals surface area (Å²) in [6, 6.07) is 12.5. The molecule has 3 rings (SSSR count). The van der Waals surface area contributed by atoms with E-state index in [1.807, 2.05) is 30.3 Å². The second-order valence-electron chi connectivity index (χ2n) is 5.72. The normalized spacial score (nSPS) is 11.7. The van der Waals surface area contributed by atoms with Gasteiger partial charge in [0.2, 0.25) is 0 Å². The minimum absolute atomic E-state index is 0.305. The molecule has 2 heterocycles. The second-order valence-corrected chi connectivity index (χ2v) is 6.61. The molecule has 4 heteroatoms. The first-order valence-corrected chi connectivity index (χ1v) is 9.23. The lowest BCUT2D eigenvalue weighted by atomic mass is 10.1. The van der Waals surface area contributed by atoms with Gasteiger partial charge >= 0.3 is 0 Å². The number of hydrogen-bond donors (Lipinski definition) is 1. The number of anilines is 1. The molecular formula is C20H21N3S. The minimum atomic E-state index is 0.305. The Morgan fingerprint density at radius 2 is 2.04 bits per heavy atom. The SMILES string of the molecule is CCCCC(CC#Cc1ccccc1)Nc1ncnc2sccc12. The lowest BCUT2D eigenvalue weighted by molar-refractivity contribution is 0.617. The fourth-order valence-corrected chi connectivity index (χ4v) is 3.30. The quantitative estimate of drug-likeness (QED) is 0.637. The lowest BCUT2D eigenvalue weighted by Gasteiger charge is -2.17. The molecule has 3 aromatic rings. The predicted molar refractivity (Wildman–Crippen MR) is 102 cm³/mol. The smallest absolute Gasteiger partial charge is 0.138 e. The maximum Gasteiger partial charge on any atom is 0.138 e. The zero-order valence-electron chi connectivity index (χ0n) is 13.8. The molecule has 0 aliphatic heterocycles. The van der Waals surface area contributed by atoms with Crippen LogP contribution in [0.25, 0.3) is 10.2 Å². The molecule has 0 saturated heterocycles. The molecule has 1 aromatic carbocycles. The van der Waals surface area contributed by atoms with E-state index in [1.54, 1.807) is 17.7 Å². The Morgan fingerprint density at radius 1 is 1.17 bits per heavy atom. The van der Waals surface area contributed by atoms with Crippen molar-refractivity contribution in [1.29, 1.82) is 0 Å². The standard InChI is InChI=1S/C20H21N3S/c1-2-3-11-17(12-7-10-16-8-5-4-6-9-16)23-19-18-13-14-24-20(18)22-15-21-19/h4-6,8-9,13-15,17H,2-3,11-12H2,1H3,(H,21,22,23). The molecule has 0 aliphatic carbocycles. The lowest BCUT2D eigenvalue weighted by Crippen LogP contribution is -2.19. The molecule has 0 fully saturated rings. The first-order valence-electron chi connectivity index (χ1n) is 8.35. The van der Waals surface area contributed by atoms with Crippen molar-refractivity contribution in [2.45, 2.75) is 38.6 Å². The van der Waals surface area contributed by atoms with Gasteiger partial charge in [-0.05, 0) is 30.0 Å². The van der Waals surface area contributed by atoms with Crippen molar-refractivity contribution >= 4 is 27.4 Å². The van der Waals surface area contributed by atoms with Crippen LogP contribution >= 0.6 is 11.3 Å². The van der Waals surface area contributed by atoms with Crippen molar-refractivity contribution in [3.8, 4) is 11.8 Å². The molecule has 0 spiro atoms. The molecule has 0 amide bonds. The van der Waals surface area contributed by atoms with E-state index in [-0.39, 0.29) is 0 Å². The number of nitrogens with zero attached hydrogens (tertiary/aromatic N) is 2. The molecular weight excluding hydrogens is 314 g/mol. The number of hydrogen-bond acceptors (Lipinski definition) is 4. The van der Waals surface area contributed by atoms with Crippen LogP contribution in [-0.2, 0) is 0 Å². The molecule has 3 nitrogen and oxygen atoms in total. The summed E-state index contributed by atoms with van der Waals surface area (Å²) in [6.07, 6.45) is 5.90. The predicted octanol–water partition coefficient (Wildman–Crippen LogP) is 5.10. The summed E-state index contributed by atoms with van der Waals surface area (Å²) >= 11 is 1.64. The van der Waals surface area contributed by atoms with E-state index in [4.69, 9.17) is 0 Å². The maximum absolute atomic E-state index is 4.43. The van der Waals surface area contributed by atoms with E-state index in [9.17, 15) is 0 Å². The molecule has 2 aromatic heterocycles. The highest BCUT2D eigenvalue weighted by Crippen LogP contribution is 2.25. The van der Waals surface area contributed by atoms with E-state index in [0.29, 0.717) is 6.04 Å². The van der Waals surface area contributed by atoms with Crippen LogP contribution in [0.3, 0.4) is 0 Å². The topological polar surface area (TPSA) is 37.8 Å². The molecule has 0 radical (unpaired) electrons.